The molecule has 0 bridgehead atoms. The second kappa shape index (κ2) is 10.6. The molecule has 4 saturated heterocycles. The number of anilines is 1. The molecule has 4 atom stereocenters. The topological polar surface area (TPSA) is 89.4 Å². The third-order valence-electron chi connectivity index (χ3n) is 12.1. The molecule has 1 aromatic heterocycles. The smallest absolute Gasteiger partial charge is 0.461 e. The largest absolute Gasteiger partial charge is 0.494 e. The van der Waals surface area contributed by atoms with Crippen LogP contribution in [0.4, 0.5) is 10.2 Å². The van der Waals surface area contributed by atoms with Gasteiger partial charge in [-0.3, -0.25) is 4.90 Å². The predicted molar refractivity (Wildman–Crippen MR) is 173 cm³/mol. The van der Waals surface area contributed by atoms with Crippen molar-refractivity contribution in [3.8, 4) is 6.01 Å². The van der Waals surface area contributed by atoms with Gasteiger partial charge >= 0.3 is 13.1 Å². The van der Waals surface area contributed by atoms with E-state index in [1.807, 2.05) is 6.92 Å². The average molecular weight is 635 g/mol. The highest BCUT2D eigenvalue weighted by Crippen LogP contribution is 2.48. The van der Waals surface area contributed by atoms with Crippen molar-refractivity contribution in [1.29, 1.82) is 0 Å². The summed E-state index contributed by atoms with van der Waals surface area (Å²) < 4.78 is 40.7. The minimum absolute atomic E-state index is 0.285. The molecule has 11 heteroatoms. The van der Waals surface area contributed by atoms with E-state index in [-0.39, 0.29) is 5.54 Å². The zero-order chi connectivity index (χ0) is 32.1. The summed E-state index contributed by atoms with van der Waals surface area (Å²) in [6.45, 7) is 13.6. The second-order valence-electron chi connectivity index (χ2n) is 16.1. The van der Waals surface area contributed by atoms with Crippen molar-refractivity contribution >= 4 is 18.4 Å². The number of aliphatic hydroxyl groups is 1. The van der Waals surface area contributed by atoms with Gasteiger partial charge in [-0.05, 0) is 96.3 Å². The molecule has 1 spiro atoms. The molecule has 0 saturated carbocycles. The SMILES string of the molecule is CC1(C)OB(c2ccc3c(c2)C2(CC3)Cc3nc(OC[C@@]45CCCN4C[C@H](F)C5)nc(N4CCC[C@@](C)(O)C4)c3CO2)OC1(C)C. The molecule has 6 heterocycles. The number of aromatic nitrogens is 2. The van der Waals surface area contributed by atoms with Gasteiger partial charge in [-0.25, -0.2) is 4.39 Å². The van der Waals surface area contributed by atoms with Crippen LogP contribution in [-0.4, -0.2) is 88.4 Å². The van der Waals surface area contributed by atoms with Gasteiger partial charge in [0.15, 0.2) is 0 Å². The number of alkyl halides is 1. The fourth-order valence-corrected chi connectivity index (χ4v) is 8.86. The minimum atomic E-state index is -0.819. The molecule has 0 radical (unpaired) electrons. The third-order valence-corrected chi connectivity index (χ3v) is 12.1. The van der Waals surface area contributed by atoms with E-state index in [1.54, 1.807) is 0 Å². The van der Waals surface area contributed by atoms with E-state index in [4.69, 9.17) is 28.8 Å². The Morgan fingerprint density at radius 3 is 2.61 bits per heavy atom. The van der Waals surface area contributed by atoms with Gasteiger partial charge < -0.3 is 28.8 Å². The van der Waals surface area contributed by atoms with Crippen LogP contribution in [0.25, 0.3) is 0 Å². The number of rotatable bonds is 5. The highest BCUT2D eigenvalue weighted by atomic mass is 19.1. The summed E-state index contributed by atoms with van der Waals surface area (Å²) in [6, 6.07) is 6.88. The molecule has 4 fully saturated rings. The number of piperidine rings is 1. The highest BCUT2D eigenvalue weighted by Gasteiger charge is 2.53. The maximum Gasteiger partial charge on any atom is 0.494 e. The van der Waals surface area contributed by atoms with E-state index >= 15 is 0 Å². The van der Waals surface area contributed by atoms with E-state index in [2.05, 4.69) is 55.7 Å². The van der Waals surface area contributed by atoms with Gasteiger partial charge in [0.05, 0.1) is 40.2 Å². The van der Waals surface area contributed by atoms with E-state index in [0.29, 0.717) is 45.2 Å². The van der Waals surface area contributed by atoms with Crippen LogP contribution in [0.5, 0.6) is 6.01 Å². The van der Waals surface area contributed by atoms with Gasteiger partial charge in [0.25, 0.3) is 0 Å². The van der Waals surface area contributed by atoms with E-state index < -0.39 is 35.7 Å². The number of ether oxygens (including phenoxy) is 2. The number of nitrogens with zero attached hydrogens (tertiary/aromatic N) is 4. The summed E-state index contributed by atoms with van der Waals surface area (Å²) >= 11 is 0. The van der Waals surface area contributed by atoms with Crippen LogP contribution in [0.1, 0.15) is 95.5 Å². The van der Waals surface area contributed by atoms with Crippen LogP contribution in [0, 0.1) is 0 Å². The number of fused-ring (bicyclic) bond motifs is 4. The molecule has 1 N–H and O–H groups in total. The Bertz CT molecular complexity index is 1520. The van der Waals surface area contributed by atoms with E-state index in [9.17, 15) is 9.50 Å². The minimum Gasteiger partial charge on any atom is -0.461 e. The fraction of sp³-hybridized carbons (Fsp3) is 0.714. The normalized spacial score (nSPS) is 34.6. The zero-order valence-corrected chi connectivity index (χ0v) is 28.0. The molecule has 1 aliphatic carbocycles. The van der Waals surface area contributed by atoms with E-state index in [1.165, 1.54) is 11.1 Å². The number of β-amino-alcohol motifs (C(OH)–C–C–N with tert-alkyl or cyclic N) is 1. The van der Waals surface area contributed by atoms with Gasteiger partial charge in [0, 0.05) is 38.0 Å². The lowest BCUT2D eigenvalue weighted by molar-refractivity contribution is -0.0731. The molecular formula is C35H48BFN4O5. The second-order valence-corrected chi connectivity index (χ2v) is 16.1. The van der Waals surface area contributed by atoms with Gasteiger partial charge in [-0.15, -0.1) is 0 Å². The lowest BCUT2D eigenvalue weighted by Crippen LogP contribution is -2.47. The van der Waals surface area contributed by atoms with Crippen molar-refractivity contribution in [3.63, 3.8) is 0 Å². The van der Waals surface area contributed by atoms with Crippen molar-refractivity contribution < 1.29 is 28.3 Å². The third kappa shape index (κ3) is 5.07. The van der Waals surface area contributed by atoms with E-state index in [0.717, 1.165) is 74.2 Å². The number of aryl methyl sites for hydroxylation is 1. The first-order chi connectivity index (χ1) is 21.8. The summed E-state index contributed by atoms with van der Waals surface area (Å²) in [7, 11) is -0.446. The zero-order valence-electron chi connectivity index (χ0n) is 28.0. The summed E-state index contributed by atoms with van der Waals surface area (Å²) in [4.78, 5) is 14.5. The Kier molecular flexibility index (Phi) is 7.14. The highest BCUT2D eigenvalue weighted by molar-refractivity contribution is 6.62. The predicted octanol–water partition coefficient (Wildman–Crippen LogP) is 4.00. The van der Waals surface area contributed by atoms with Crippen LogP contribution < -0.4 is 15.1 Å². The maximum atomic E-state index is 14.5. The lowest BCUT2D eigenvalue weighted by atomic mass is 9.76. The Morgan fingerprint density at radius 2 is 1.83 bits per heavy atom. The summed E-state index contributed by atoms with van der Waals surface area (Å²) in [5.41, 5.74) is 2.91. The molecule has 46 heavy (non-hydrogen) atoms. The molecule has 8 rings (SSSR count). The lowest BCUT2D eigenvalue weighted by Gasteiger charge is -2.41. The van der Waals surface area contributed by atoms with Crippen LogP contribution >= 0.6 is 0 Å². The number of benzene rings is 1. The van der Waals surface area contributed by atoms with Crippen molar-refractivity contribution in [2.45, 2.75) is 127 Å². The van der Waals surface area contributed by atoms with Gasteiger partial charge in [0.1, 0.15) is 18.6 Å². The fourth-order valence-electron chi connectivity index (χ4n) is 8.86. The van der Waals surface area contributed by atoms with Crippen molar-refractivity contribution in [1.82, 2.24) is 14.9 Å². The Labute approximate surface area is 272 Å². The molecule has 6 aliphatic rings. The summed E-state index contributed by atoms with van der Waals surface area (Å²) in [6.07, 6.45) is 5.68. The first kappa shape index (κ1) is 31.0. The number of hydrogen-bond donors (Lipinski definition) is 1. The monoisotopic (exact) mass is 634 g/mol. The van der Waals surface area contributed by atoms with Crippen molar-refractivity contribution in [2.75, 3.05) is 37.7 Å². The molecule has 0 amide bonds. The molecule has 2 aromatic rings. The van der Waals surface area contributed by atoms with Crippen LogP contribution in [-0.2, 0) is 39.1 Å². The van der Waals surface area contributed by atoms with Crippen LogP contribution in [0.2, 0.25) is 0 Å². The van der Waals surface area contributed by atoms with Crippen molar-refractivity contribution in [3.05, 3.63) is 40.6 Å². The molecule has 1 unspecified atom stereocenters. The average Bonchev–Trinajstić information content (AvgIpc) is 3.69. The van der Waals surface area contributed by atoms with Crippen LogP contribution in [0.3, 0.4) is 0 Å². The maximum absolute atomic E-state index is 14.5. The van der Waals surface area contributed by atoms with Gasteiger partial charge in [-0.2, -0.15) is 9.97 Å². The van der Waals surface area contributed by atoms with Crippen molar-refractivity contribution in [2.24, 2.45) is 0 Å². The van der Waals surface area contributed by atoms with Crippen LogP contribution in [0.15, 0.2) is 18.2 Å². The number of halogens is 1. The summed E-state index contributed by atoms with van der Waals surface area (Å²) in [5.74, 6) is 0.787. The first-order valence-electron chi connectivity index (χ1n) is 17.3. The van der Waals surface area contributed by atoms with Gasteiger partial charge in [-0.1, -0.05) is 18.2 Å². The Morgan fingerprint density at radius 1 is 1.04 bits per heavy atom. The Hall–Kier alpha value is -2.31. The molecule has 9 nitrogen and oxygen atoms in total. The van der Waals surface area contributed by atoms with Gasteiger partial charge in [0.2, 0.25) is 0 Å². The molecule has 1 aromatic carbocycles. The molecular weight excluding hydrogens is 586 g/mol. The Balaban J connectivity index is 1.12. The molecule has 248 valence electrons. The summed E-state index contributed by atoms with van der Waals surface area (Å²) in [5, 5.41) is 11.0. The standard InChI is InChI=1S/C35H48BFN4O5/c1-31(2)32(3,4)46-36(45-31)24-9-8-23-10-13-35(27(23)16-24)18-28-26(20-44-35)29(40-14-6-11-33(5,42)21-40)39-30(38-28)43-22-34-12-7-15-41(34)19-25(37)17-34/h8-9,16,25,42H,6-7,10-15,17-22H2,1-5H3/t25-,33-,34+,35?/m1/s1. The molecule has 5 aliphatic heterocycles. The quantitative estimate of drug-likeness (QED) is 0.491. The number of hydrogen-bond acceptors (Lipinski definition) is 9. The first-order valence-corrected chi connectivity index (χ1v) is 17.3.